The first kappa shape index (κ1) is 25.1. The number of carbonyl (C=O) groups excluding carboxylic acids is 1. The summed E-state index contributed by atoms with van der Waals surface area (Å²) in [5, 5.41) is 10.7. The third-order valence-electron chi connectivity index (χ3n) is 7.07. The molecule has 0 aromatic heterocycles. The average Bonchev–Trinajstić information content (AvgIpc) is 3.21. The largest absolute Gasteiger partial charge is 0.469 e. The van der Waals surface area contributed by atoms with Crippen molar-refractivity contribution < 1.29 is 19.4 Å². The molecular formula is C24H41IO4. The lowest BCUT2D eigenvalue weighted by Crippen LogP contribution is -2.28. The number of aliphatic hydroxyl groups is 1. The van der Waals surface area contributed by atoms with Gasteiger partial charge < -0.3 is 14.6 Å². The Morgan fingerprint density at radius 1 is 1.34 bits per heavy atom. The van der Waals surface area contributed by atoms with E-state index >= 15 is 0 Å². The monoisotopic (exact) mass is 520 g/mol. The van der Waals surface area contributed by atoms with Gasteiger partial charge in [0.1, 0.15) is 0 Å². The summed E-state index contributed by atoms with van der Waals surface area (Å²) >= 11 is 2.50. The molecule has 2 fully saturated rings. The Hall–Kier alpha value is -0.140. The minimum absolute atomic E-state index is 0.0740. The van der Waals surface area contributed by atoms with Crippen molar-refractivity contribution in [2.75, 3.05) is 7.11 Å². The van der Waals surface area contributed by atoms with Gasteiger partial charge in [-0.15, -0.1) is 0 Å². The Bertz CT molecular complexity index is 547. The smallest absolute Gasteiger partial charge is 0.305 e. The number of fused-ring (bicyclic) bond motifs is 1. The predicted octanol–water partition coefficient (Wildman–Crippen LogP) is 5.70. The lowest BCUT2D eigenvalue weighted by molar-refractivity contribution is -0.140. The summed E-state index contributed by atoms with van der Waals surface area (Å²) in [6.07, 6.45) is 12.5. The standard InChI is InChI=1S/C24H41IO4/c1-6-7-13-24(3,4)22(26)12-11-17-16(2)14-20-18(17)15-21(29-20)19(25)9-8-10-23(27)28-5/h11-12,16-22,26H,6-10,13-15H2,1-5H3/b12-11+/t16-,17-,18-,19+,20+,21+,22-/m1/s1. The van der Waals surface area contributed by atoms with Crippen LogP contribution in [0.25, 0.3) is 0 Å². The minimum Gasteiger partial charge on any atom is -0.469 e. The molecule has 7 atom stereocenters. The molecule has 5 heteroatoms. The molecule has 1 aliphatic heterocycles. The maximum Gasteiger partial charge on any atom is 0.305 e. The highest BCUT2D eigenvalue weighted by molar-refractivity contribution is 14.1. The van der Waals surface area contributed by atoms with Crippen molar-refractivity contribution in [3.8, 4) is 0 Å². The molecule has 0 radical (unpaired) electrons. The van der Waals surface area contributed by atoms with Gasteiger partial charge in [0, 0.05) is 10.3 Å². The first-order valence-corrected chi connectivity index (χ1v) is 12.7. The van der Waals surface area contributed by atoms with Crippen molar-refractivity contribution in [3.63, 3.8) is 0 Å². The zero-order valence-electron chi connectivity index (χ0n) is 18.9. The Morgan fingerprint density at radius 2 is 2.07 bits per heavy atom. The molecule has 4 nitrogen and oxygen atoms in total. The van der Waals surface area contributed by atoms with E-state index < -0.39 is 6.10 Å². The first-order valence-electron chi connectivity index (χ1n) is 11.4. The summed E-state index contributed by atoms with van der Waals surface area (Å²) in [6.45, 7) is 8.85. The van der Waals surface area contributed by atoms with Crippen molar-refractivity contribution >= 4 is 28.6 Å². The summed E-state index contributed by atoms with van der Waals surface area (Å²) < 4.78 is 11.6. The number of allylic oxidation sites excluding steroid dienone is 1. The van der Waals surface area contributed by atoms with E-state index in [2.05, 4.69) is 62.4 Å². The number of hydrogen-bond donors (Lipinski definition) is 1. The summed E-state index contributed by atoms with van der Waals surface area (Å²) in [4.78, 5) is 11.3. The minimum atomic E-state index is -0.394. The summed E-state index contributed by atoms with van der Waals surface area (Å²) in [5.74, 6) is 1.51. The molecule has 1 N–H and O–H groups in total. The molecule has 0 bridgehead atoms. The Balaban J connectivity index is 1.89. The first-order chi connectivity index (χ1) is 13.7. The average molecular weight is 520 g/mol. The summed E-state index contributed by atoms with van der Waals surface area (Å²) in [7, 11) is 1.45. The van der Waals surface area contributed by atoms with E-state index in [0.29, 0.717) is 34.2 Å². The van der Waals surface area contributed by atoms with E-state index in [1.54, 1.807) is 0 Å². The van der Waals surface area contributed by atoms with E-state index in [1.165, 1.54) is 13.5 Å². The Morgan fingerprint density at radius 3 is 2.72 bits per heavy atom. The molecular weight excluding hydrogens is 479 g/mol. The van der Waals surface area contributed by atoms with Gasteiger partial charge in [-0.3, -0.25) is 4.79 Å². The maximum absolute atomic E-state index is 11.3. The van der Waals surface area contributed by atoms with Crippen LogP contribution in [0.1, 0.15) is 79.1 Å². The number of halogens is 1. The van der Waals surface area contributed by atoms with Crippen LogP contribution in [0.5, 0.6) is 0 Å². The molecule has 1 aliphatic carbocycles. The highest BCUT2D eigenvalue weighted by atomic mass is 127. The van der Waals surface area contributed by atoms with E-state index in [9.17, 15) is 9.90 Å². The topological polar surface area (TPSA) is 55.8 Å². The van der Waals surface area contributed by atoms with E-state index in [-0.39, 0.29) is 17.5 Å². The normalized spacial score (nSPS) is 31.8. The van der Waals surface area contributed by atoms with Crippen LogP contribution in [0.2, 0.25) is 0 Å². The number of methoxy groups -OCH3 is 1. The fourth-order valence-corrected chi connectivity index (χ4v) is 5.85. The highest BCUT2D eigenvalue weighted by Gasteiger charge is 2.48. The zero-order valence-corrected chi connectivity index (χ0v) is 21.1. The van der Waals surface area contributed by atoms with Crippen LogP contribution in [-0.4, -0.2) is 40.4 Å². The quantitative estimate of drug-likeness (QED) is 0.165. The number of aliphatic hydroxyl groups excluding tert-OH is 1. The van der Waals surface area contributed by atoms with Crippen LogP contribution in [-0.2, 0) is 14.3 Å². The van der Waals surface area contributed by atoms with Crippen LogP contribution >= 0.6 is 22.6 Å². The van der Waals surface area contributed by atoms with Gasteiger partial charge in [-0.1, -0.05) is 75.3 Å². The van der Waals surface area contributed by atoms with Gasteiger partial charge in [0.2, 0.25) is 0 Å². The molecule has 0 unspecified atom stereocenters. The number of carbonyl (C=O) groups is 1. The van der Waals surface area contributed by atoms with Crippen LogP contribution in [0.4, 0.5) is 0 Å². The van der Waals surface area contributed by atoms with E-state index in [0.717, 1.165) is 38.5 Å². The van der Waals surface area contributed by atoms with Gasteiger partial charge in [0.15, 0.2) is 0 Å². The van der Waals surface area contributed by atoms with Gasteiger partial charge in [-0.05, 0) is 55.3 Å². The lowest BCUT2D eigenvalue weighted by Gasteiger charge is -2.29. The fourth-order valence-electron chi connectivity index (χ4n) is 4.95. The van der Waals surface area contributed by atoms with Crippen molar-refractivity contribution in [1.82, 2.24) is 0 Å². The molecule has 0 amide bonds. The number of unbranched alkanes of at least 4 members (excludes halogenated alkanes) is 1. The SMILES string of the molecule is CCCCC(C)(C)[C@H](O)/C=C/[C@H]1[C@H]2C[C@@H]([C@@H](I)CCCC(=O)OC)O[C@H]2C[C@H]1C. The molecule has 1 saturated carbocycles. The zero-order chi connectivity index (χ0) is 21.6. The molecule has 0 spiro atoms. The number of alkyl halides is 1. The van der Waals surface area contributed by atoms with E-state index in [4.69, 9.17) is 9.47 Å². The summed E-state index contributed by atoms with van der Waals surface area (Å²) in [6, 6.07) is 0. The van der Waals surface area contributed by atoms with Crippen LogP contribution in [0, 0.1) is 23.2 Å². The number of esters is 1. The molecule has 2 rings (SSSR count). The Labute approximate surface area is 191 Å². The number of rotatable bonds is 11. The maximum atomic E-state index is 11.3. The van der Waals surface area contributed by atoms with Crippen molar-refractivity contribution in [3.05, 3.63) is 12.2 Å². The highest BCUT2D eigenvalue weighted by Crippen LogP contribution is 2.48. The number of hydrogen-bond acceptors (Lipinski definition) is 4. The van der Waals surface area contributed by atoms with Crippen LogP contribution in [0.3, 0.4) is 0 Å². The third-order valence-corrected chi connectivity index (χ3v) is 8.49. The van der Waals surface area contributed by atoms with Crippen molar-refractivity contribution in [2.45, 2.75) is 101 Å². The van der Waals surface area contributed by atoms with Crippen LogP contribution < -0.4 is 0 Å². The van der Waals surface area contributed by atoms with Crippen molar-refractivity contribution in [1.29, 1.82) is 0 Å². The van der Waals surface area contributed by atoms with Gasteiger partial charge in [-0.2, -0.15) is 0 Å². The molecule has 0 aromatic carbocycles. The molecule has 0 aromatic rings. The second kappa shape index (κ2) is 11.5. The lowest BCUT2D eigenvalue weighted by atomic mass is 9.80. The van der Waals surface area contributed by atoms with Gasteiger partial charge in [0.25, 0.3) is 0 Å². The van der Waals surface area contributed by atoms with Crippen molar-refractivity contribution in [2.24, 2.45) is 23.2 Å². The third kappa shape index (κ3) is 6.93. The van der Waals surface area contributed by atoms with E-state index in [1.807, 2.05) is 0 Å². The van der Waals surface area contributed by atoms with Gasteiger partial charge >= 0.3 is 5.97 Å². The number of ether oxygens (including phenoxy) is 2. The van der Waals surface area contributed by atoms with Crippen LogP contribution in [0.15, 0.2) is 12.2 Å². The second-order valence-electron chi connectivity index (χ2n) is 9.81. The molecule has 2 aliphatic rings. The molecule has 1 heterocycles. The Kier molecular flexibility index (Phi) is 9.94. The predicted molar refractivity (Wildman–Crippen MR) is 126 cm³/mol. The fraction of sp³-hybridized carbons (Fsp3) is 0.875. The molecule has 1 saturated heterocycles. The van der Waals surface area contributed by atoms with Gasteiger partial charge in [-0.25, -0.2) is 0 Å². The second-order valence-corrected chi connectivity index (χ2v) is 11.4. The molecule has 29 heavy (non-hydrogen) atoms. The summed E-state index contributed by atoms with van der Waals surface area (Å²) in [5.41, 5.74) is -0.0740. The molecule has 168 valence electrons. The van der Waals surface area contributed by atoms with Gasteiger partial charge in [0.05, 0.1) is 25.4 Å².